The van der Waals surface area contributed by atoms with Crippen molar-refractivity contribution < 1.29 is 9.53 Å². The van der Waals surface area contributed by atoms with Crippen LogP contribution in [0.5, 0.6) is 5.75 Å². The fraction of sp³-hybridized carbons (Fsp3) is 0.235. The van der Waals surface area contributed by atoms with Crippen LogP contribution in [0, 0.1) is 6.92 Å². The lowest BCUT2D eigenvalue weighted by Crippen LogP contribution is -2.06. The fourth-order valence-electron chi connectivity index (χ4n) is 1.97. The maximum Gasteiger partial charge on any atom is 0.141 e. The molecule has 0 aromatic heterocycles. The average molecular weight is 254 g/mol. The van der Waals surface area contributed by atoms with E-state index in [4.69, 9.17) is 4.74 Å². The third-order valence-electron chi connectivity index (χ3n) is 3.08. The van der Waals surface area contributed by atoms with Gasteiger partial charge in [0.15, 0.2) is 0 Å². The van der Waals surface area contributed by atoms with Crippen molar-refractivity contribution in [2.75, 3.05) is 7.11 Å². The van der Waals surface area contributed by atoms with Crippen molar-refractivity contribution in [2.24, 2.45) is 0 Å². The van der Waals surface area contributed by atoms with E-state index in [0.717, 1.165) is 16.9 Å². The van der Waals surface area contributed by atoms with Crippen molar-refractivity contribution >= 4 is 5.78 Å². The number of benzene rings is 2. The molecule has 98 valence electrons. The van der Waals surface area contributed by atoms with Crippen molar-refractivity contribution in [2.45, 2.75) is 19.8 Å². The molecule has 0 aliphatic rings. The zero-order chi connectivity index (χ0) is 13.7. The van der Waals surface area contributed by atoms with Crippen molar-refractivity contribution in [3.05, 3.63) is 65.2 Å². The smallest absolute Gasteiger partial charge is 0.141 e. The Hall–Kier alpha value is -2.09. The topological polar surface area (TPSA) is 26.3 Å². The normalized spacial score (nSPS) is 10.2. The van der Waals surface area contributed by atoms with Gasteiger partial charge >= 0.3 is 0 Å². The first kappa shape index (κ1) is 13.3. The summed E-state index contributed by atoms with van der Waals surface area (Å²) in [6.07, 6.45) is 0.962. The van der Waals surface area contributed by atoms with Gasteiger partial charge in [-0.25, -0.2) is 0 Å². The molecule has 0 saturated carbocycles. The molecule has 0 N–H and O–H groups in total. The standard InChI is InChI=1S/C17H18O2/c1-13-3-5-14(6-4-13)11-16(18)12-15-7-9-17(19-2)10-8-15/h3-10H,11-12H2,1-2H3. The fourth-order valence-corrected chi connectivity index (χ4v) is 1.97. The first-order valence-corrected chi connectivity index (χ1v) is 6.37. The number of carbonyl (C=O) groups excluding carboxylic acids is 1. The van der Waals surface area contributed by atoms with Crippen LogP contribution in [0.4, 0.5) is 0 Å². The summed E-state index contributed by atoms with van der Waals surface area (Å²) >= 11 is 0. The molecule has 19 heavy (non-hydrogen) atoms. The average Bonchev–Trinajstić information content (AvgIpc) is 2.42. The number of Topliss-reactive ketones (excluding diaryl/α,β-unsaturated/α-hetero) is 1. The Morgan fingerprint density at radius 1 is 0.895 bits per heavy atom. The Balaban J connectivity index is 1.95. The molecule has 2 aromatic rings. The highest BCUT2D eigenvalue weighted by molar-refractivity contribution is 5.83. The first-order chi connectivity index (χ1) is 9.17. The molecule has 0 saturated heterocycles. The van der Waals surface area contributed by atoms with Gasteiger partial charge in [-0.05, 0) is 30.2 Å². The van der Waals surface area contributed by atoms with E-state index in [0.29, 0.717) is 12.8 Å². The van der Waals surface area contributed by atoms with Crippen LogP contribution in [0.15, 0.2) is 48.5 Å². The van der Waals surface area contributed by atoms with E-state index in [-0.39, 0.29) is 5.78 Å². The summed E-state index contributed by atoms with van der Waals surface area (Å²) in [6.45, 7) is 2.04. The molecule has 0 aliphatic carbocycles. The second kappa shape index (κ2) is 6.19. The molecule has 0 aliphatic heterocycles. The molecule has 0 radical (unpaired) electrons. The van der Waals surface area contributed by atoms with Gasteiger partial charge in [-0.15, -0.1) is 0 Å². The van der Waals surface area contributed by atoms with Crippen LogP contribution < -0.4 is 4.74 Å². The summed E-state index contributed by atoms with van der Waals surface area (Å²) in [5, 5.41) is 0. The number of rotatable bonds is 5. The van der Waals surface area contributed by atoms with Crippen LogP contribution in [0.1, 0.15) is 16.7 Å². The second-order valence-electron chi connectivity index (χ2n) is 4.73. The Bertz CT molecular complexity index is 538. The minimum Gasteiger partial charge on any atom is -0.497 e. The molecule has 0 atom stereocenters. The molecular formula is C17H18O2. The number of ketones is 1. The molecule has 0 fully saturated rings. The predicted molar refractivity (Wildman–Crippen MR) is 76.6 cm³/mol. The number of methoxy groups -OCH3 is 1. The van der Waals surface area contributed by atoms with Crippen molar-refractivity contribution in [3.8, 4) is 5.75 Å². The van der Waals surface area contributed by atoms with E-state index in [9.17, 15) is 4.79 Å². The maximum absolute atomic E-state index is 12.0. The van der Waals surface area contributed by atoms with Crippen molar-refractivity contribution in [3.63, 3.8) is 0 Å². The van der Waals surface area contributed by atoms with Gasteiger partial charge in [0, 0.05) is 12.8 Å². The Morgan fingerprint density at radius 3 is 1.84 bits per heavy atom. The van der Waals surface area contributed by atoms with Gasteiger partial charge in [0.2, 0.25) is 0 Å². The Kier molecular flexibility index (Phi) is 4.35. The van der Waals surface area contributed by atoms with Gasteiger partial charge in [-0.1, -0.05) is 42.0 Å². The highest BCUT2D eigenvalue weighted by Crippen LogP contribution is 2.13. The van der Waals surface area contributed by atoms with Crippen LogP contribution in [-0.2, 0) is 17.6 Å². The SMILES string of the molecule is COc1ccc(CC(=O)Cc2ccc(C)cc2)cc1. The summed E-state index contributed by atoms with van der Waals surface area (Å²) in [6, 6.07) is 15.7. The first-order valence-electron chi connectivity index (χ1n) is 6.37. The van der Waals surface area contributed by atoms with E-state index in [1.807, 2.05) is 55.5 Å². The van der Waals surface area contributed by atoms with Crippen molar-refractivity contribution in [1.82, 2.24) is 0 Å². The quantitative estimate of drug-likeness (QED) is 0.817. The highest BCUT2D eigenvalue weighted by Gasteiger charge is 2.05. The van der Waals surface area contributed by atoms with Crippen LogP contribution in [0.25, 0.3) is 0 Å². The predicted octanol–water partition coefficient (Wildman–Crippen LogP) is 3.36. The molecular weight excluding hydrogens is 236 g/mol. The van der Waals surface area contributed by atoms with E-state index in [2.05, 4.69) is 0 Å². The zero-order valence-corrected chi connectivity index (χ0v) is 11.3. The van der Waals surface area contributed by atoms with Gasteiger partial charge in [-0.2, -0.15) is 0 Å². The molecule has 2 heteroatoms. The second-order valence-corrected chi connectivity index (χ2v) is 4.73. The highest BCUT2D eigenvalue weighted by atomic mass is 16.5. The third-order valence-corrected chi connectivity index (χ3v) is 3.08. The largest absolute Gasteiger partial charge is 0.497 e. The summed E-state index contributed by atoms with van der Waals surface area (Å²) < 4.78 is 5.10. The zero-order valence-electron chi connectivity index (χ0n) is 11.3. The van der Waals surface area contributed by atoms with Crippen LogP contribution in [0.3, 0.4) is 0 Å². The maximum atomic E-state index is 12.0. The molecule has 2 aromatic carbocycles. The monoisotopic (exact) mass is 254 g/mol. The number of ether oxygens (including phenoxy) is 1. The van der Waals surface area contributed by atoms with E-state index in [1.54, 1.807) is 7.11 Å². The molecule has 0 bridgehead atoms. The third kappa shape index (κ3) is 3.95. The molecule has 0 amide bonds. The van der Waals surface area contributed by atoms with Gasteiger partial charge in [0.25, 0.3) is 0 Å². The number of carbonyl (C=O) groups is 1. The lowest BCUT2D eigenvalue weighted by Gasteiger charge is -2.04. The summed E-state index contributed by atoms with van der Waals surface area (Å²) in [4.78, 5) is 12.0. The number of aryl methyl sites for hydroxylation is 1. The lowest BCUT2D eigenvalue weighted by atomic mass is 10.0. The number of hydrogen-bond donors (Lipinski definition) is 0. The summed E-state index contributed by atoms with van der Waals surface area (Å²) in [7, 11) is 1.64. The minimum absolute atomic E-state index is 0.231. The van der Waals surface area contributed by atoms with E-state index in [1.165, 1.54) is 5.56 Å². The molecule has 0 unspecified atom stereocenters. The minimum atomic E-state index is 0.231. The van der Waals surface area contributed by atoms with Gasteiger partial charge in [0.1, 0.15) is 11.5 Å². The van der Waals surface area contributed by atoms with Gasteiger partial charge in [0.05, 0.1) is 7.11 Å². The van der Waals surface area contributed by atoms with Crippen molar-refractivity contribution in [1.29, 1.82) is 0 Å². The summed E-state index contributed by atoms with van der Waals surface area (Å²) in [5.74, 6) is 1.05. The van der Waals surface area contributed by atoms with Crippen LogP contribution in [-0.4, -0.2) is 12.9 Å². The molecule has 2 rings (SSSR count). The Labute approximate surface area is 114 Å². The van der Waals surface area contributed by atoms with Crippen LogP contribution in [0.2, 0.25) is 0 Å². The Morgan fingerprint density at radius 2 is 1.37 bits per heavy atom. The van der Waals surface area contributed by atoms with Crippen LogP contribution >= 0.6 is 0 Å². The summed E-state index contributed by atoms with van der Waals surface area (Å²) in [5.41, 5.74) is 3.31. The molecule has 2 nitrogen and oxygen atoms in total. The van der Waals surface area contributed by atoms with Gasteiger partial charge < -0.3 is 4.74 Å². The molecule has 0 heterocycles. The lowest BCUT2D eigenvalue weighted by molar-refractivity contribution is -0.117. The van der Waals surface area contributed by atoms with Gasteiger partial charge in [-0.3, -0.25) is 4.79 Å². The van der Waals surface area contributed by atoms with E-state index >= 15 is 0 Å². The molecule has 0 spiro atoms. The van der Waals surface area contributed by atoms with E-state index < -0.39 is 0 Å². The number of hydrogen-bond acceptors (Lipinski definition) is 2.